The van der Waals surface area contributed by atoms with E-state index in [4.69, 9.17) is 9.26 Å². The summed E-state index contributed by atoms with van der Waals surface area (Å²) in [5.41, 5.74) is 1.62. The molecule has 29 heavy (non-hydrogen) atoms. The second kappa shape index (κ2) is 8.40. The molecule has 0 bridgehead atoms. The third-order valence-corrected chi connectivity index (χ3v) is 5.06. The van der Waals surface area contributed by atoms with Crippen molar-refractivity contribution in [2.75, 3.05) is 20.7 Å². The van der Waals surface area contributed by atoms with Crippen molar-refractivity contribution in [2.45, 2.75) is 24.9 Å². The maximum atomic E-state index is 12.4. The van der Waals surface area contributed by atoms with Gasteiger partial charge >= 0.3 is 0 Å². The number of rotatable bonds is 6. The van der Waals surface area contributed by atoms with E-state index < -0.39 is 0 Å². The number of carbonyl (C=O) groups is 1. The molecule has 1 aliphatic rings. The first-order valence-corrected chi connectivity index (χ1v) is 9.50. The van der Waals surface area contributed by atoms with Crippen LogP contribution in [0, 0.1) is 0 Å². The molecule has 3 heterocycles. The lowest BCUT2D eigenvalue weighted by molar-refractivity contribution is -0.121. The molecule has 8 heteroatoms. The standard InChI is InChI=1S/C21H23N5O3/c1-26-13-15(23-19(27)11-14-6-8-16(28-2)9-7-14)12-18(26)21-24-20(25-29-21)17-5-3-4-10-22-17/h3-10,15,18H,11-13H2,1-2H3,(H,23,27). The van der Waals surface area contributed by atoms with Gasteiger partial charge in [0, 0.05) is 18.8 Å². The van der Waals surface area contributed by atoms with Gasteiger partial charge in [0.2, 0.25) is 17.6 Å². The number of pyridine rings is 1. The summed E-state index contributed by atoms with van der Waals surface area (Å²) in [7, 11) is 3.61. The van der Waals surface area contributed by atoms with Crippen LogP contribution in [0.4, 0.5) is 0 Å². The molecule has 2 atom stereocenters. The summed E-state index contributed by atoms with van der Waals surface area (Å²) in [5, 5.41) is 7.16. The van der Waals surface area contributed by atoms with Crippen molar-refractivity contribution in [3.8, 4) is 17.3 Å². The highest BCUT2D eigenvalue weighted by molar-refractivity contribution is 5.79. The van der Waals surface area contributed by atoms with Gasteiger partial charge in [-0.1, -0.05) is 23.4 Å². The van der Waals surface area contributed by atoms with Crippen LogP contribution in [0.25, 0.3) is 11.5 Å². The number of benzene rings is 1. The summed E-state index contributed by atoms with van der Waals surface area (Å²) in [5.74, 6) is 1.79. The van der Waals surface area contributed by atoms with E-state index in [0.717, 1.165) is 17.9 Å². The number of amides is 1. The normalized spacial score (nSPS) is 19.2. The third-order valence-electron chi connectivity index (χ3n) is 5.06. The molecule has 150 valence electrons. The molecule has 8 nitrogen and oxygen atoms in total. The number of hydrogen-bond acceptors (Lipinski definition) is 7. The highest BCUT2D eigenvalue weighted by Crippen LogP contribution is 2.30. The van der Waals surface area contributed by atoms with Crippen molar-refractivity contribution in [3.63, 3.8) is 0 Å². The van der Waals surface area contributed by atoms with Crippen molar-refractivity contribution >= 4 is 5.91 Å². The van der Waals surface area contributed by atoms with Crippen LogP contribution >= 0.6 is 0 Å². The van der Waals surface area contributed by atoms with Crippen LogP contribution in [0.3, 0.4) is 0 Å². The number of likely N-dealkylation sites (tertiary alicyclic amines) is 1. The Balaban J connectivity index is 1.36. The summed E-state index contributed by atoms with van der Waals surface area (Å²) in [6, 6.07) is 13.1. The van der Waals surface area contributed by atoms with Crippen molar-refractivity contribution in [1.82, 2.24) is 25.3 Å². The number of likely N-dealkylation sites (N-methyl/N-ethyl adjacent to an activating group) is 1. The lowest BCUT2D eigenvalue weighted by Gasteiger charge is -2.14. The van der Waals surface area contributed by atoms with Crippen LogP contribution in [-0.4, -0.2) is 52.7 Å². The minimum atomic E-state index is -0.0359. The maximum Gasteiger partial charge on any atom is 0.244 e. The van der Waals surface area contributed by atoms with E-state index in [9.17, 15) is 4.79 Å². The average molecular weight is 393 g/mol. The first-order valence-electron chi connectivity index (χ1n) is 9.50. The minimum Gasteiger partial charge on any atom is -0.497 e. The van der Waals surface area contributed by atoms with Crippen LogP contribution in [0.1, 0.15) is 23.9 Å². The Hall–Kier alpha value is -3.26. The molecule has 2 aromatic heterocycles. The maximum absolute atomic E-state index is 12.4. The zero-order valence-corrected chi connectivity index (χ0v) is 16.4. The average Bonchev–Trinajstić information content (AvgIpc) is 3.36. The Morgan fingerprint density at radius 1 is 1.28 bits per heavy atom. The molecule has 0 aliphatic carbocycles. The molecule has 1 N–H and O–H groups in total. The SMILES string of the molecule is COc1ccc(CC(=O)NC2CC(c3nc(-c4ccccn4)no3)N(C)C2)cc1. The van der Waals surface area contributed by atoms with Gasteiger partial charge in [0.1, 0.15) is 11.4 Å². The Labute approximate surface area is 168 Å². The van der Waals surface area contributed by atoms with Gasteiger partial charge in [0.15, 0.2) is 0 Å². The van der Waals surface area contributed by atoms with Gasteiger partial charge in [-0.05, 0) is 43.3 Å². The molecule has 0 radical (unpaired) electrons. The Morgan fingerprint density at radius 3 is 2.83 bits per heavy atom. The number of carbonyl (C=O) groups excluding carboxylic acids is 1. The highest BCUT2D eigenvalue weighted by Gasteiger charge is 2.35. The number of aromatic nitrogens is 3. The lowest BCUT2D eigenvalue weighted by atomic mass is 10.1. The largest absolute Gasteiger partial charge is 0.497 e. The first kappa shape index (κ1) is 19.1. The molecule has 0 saturated carbocycles. The molecule has 3 aromatic rings. The number of nitrogens with one attached hydrogen (secondary N) is 1. The van der Waals surface area contributed by atoms with Gasteiger partial charge in [-0.15, -0.1) is 0 Å². The summed E-state index contributed by atoms with van der Waals surface area (Å²) in [6.45, 7) is 0.723. The third kappa shape index (κ3) is 4.43. The number of nitrogens with zero attached hydrogens (tertiary/aromatic N) is 4. The molecule has 2 unspecified atom stereocenters. The minimum absolute atomic E-state index is 0.00563. The molecule has 1 fully saturated rings. The van der Waals surface area contributed by atoms with E-state index in [0.29, 0.717) is 30.3 Å². The fourth-order valence-electron chi connectivity index (χ4n) is 3.57. The predicted octanol–water partition coefficient (Wildman–Crippen LogP) is 2.24. The van der Waals surface area contributed by atoms with Gasteiger partial charge in [-0.25, -0.2) is 0 Å². The molecule has 0 spiro atoms. The first-order chi connectivity index (χ1) is 14.1. The van der Waals surface area contributed by atoms with Crippen LogP contribution in [-0.2, 0) is 11.2 Å². The van der Waals surface area contributed by atoms with Gasteiger partial charge in [0.05, 0.1) is 19.6 Å². The molecular weight excluding hydrogens is 370 g/mol. The summed E-state index contributed by atoms with van der Waals surface area (Å²) >= 11 is 0. The summed E-state index contributed by atoms with van der Waals surface area (Å²) in [4.78, 5) is 23.3. The van der Waals surface area contributed by atoms with Crippen LogP contribution in [0.5, 0.6) is 5.75 Å². The second-order valence-electron chi connectivity index (χ2n) is 7.15. The van der Waals surface area contributed by atoms with E-state index in [1.165, 1.54) is 0 Å². The fraction of sp³-hybridized carbons (Fsp3) is 0.333. The predicted molar refractivity (Wildman–Crippen MR) is 106 cm³/mol. The van der Waals surface area contributed by atoms with Crippen molar-refractivity contribution in [2.24, 2.45) is 0 Å². The Kier molecular flexibility index (Phi) is 5.53. The van der Waals surface area contributed by atoms with Gasteiger partial charge in [0.25, 0.3) is 0 Å². The molecule has 4 rings (SSSR count). The van der Waals surface area contributed by atoms with Crippen molar-refractivity contribution < 1.29 is 14.1 Å². The number of methoxy groups -OCH3 is 1. The fourth-order valence-corrected chi connectivity index (χ4v) is 3.57. The monoisotopic (exact) mass is 393 g/mol. The summed E-state index contributed by atoms with van der Waals surface area (Å²) in [6.07, 6.45) is 2.75. The van der Waals surface area contributed by atoms with Gasteiger partial charge < -0.3 is 14.6 Å². The molecule has 1 saturated heterocycles. The van der Waals surface area contributed by atoms with E-state index in [1.54, 1.807) is 13.3 Å². The molecule has 1 amide bonds. The lowest BCUT2D eigenvalue weighted by Crippen LogP contribution is -2.37. The summed E-state index contributed by atoms with van der Waals surface area (Å²) < 4.78 is 10.6. The molecule has 1 aliphatic heterocycles. The van der Waals surface area contributed by atoms with Crippen molar-refractivity contribution in [1.29, 1.82) is 0 Å². The second-order valence-corrected chi connectivity index (χ2v) is 7.15. The molecule has 1 aromatic carbocycles. The van der Waals surface area contributed by atoms with Crippen LogP contribution in [0.2, 0.25) is 0 Å². The zero-order valence-electron chi connectivity index (χ0n) is 16.4. The van der Waals surface area contributed by atoms with E-state index in [1.807, 2.05) is 49.5 Å². The Morgan fingerprint density at radius 2 is 2.10 bits per heavy atom. The number of hydrogen-bond donors (Lipinski definition) is 1. The van der Waals surface area contributed by atoms with Gasteiger partial charge in [-0.3, -0.25) is 14.7 Å². The zero-order chi connectivity index (χ0) is 20.2. The van der Waals surface area contributed by atoms with E-state index in [2.05, 4.69) is 25.3 Å². The van der Waals surface area contributed by atoms with Gasteiger partial charge in [-0.2, -0.15) is 4.98 Å². The molecular formula is C21H23N5O3. The van der Waals surface area contributed by atoms with Crippen LogP contribution < -0.4 is 10.1 Å². The quantitative estimate of drug-likeness (QED) is 0.686. The highest BCUT2D eigenvalue weighted by atomic mass is 16.5. The van der Waals surface area contributed by atoms with Crippen molar-refractivity contribution in [3.05, 3.63) is 60.1 Å². The topological polar surface area (TPSA) is 93.4 Å². The Bertz CT molecular complexity index is 958. The number of ether oxygens (including phenoxy) is 1. The smallest absolute Gasteiger partial charge is 0.244 e. The van der Waals surface area contributed by atoms with Crippen LogP contribution in [0.15, 0.2) is 53.2 Å². The van der Waals surface area contributed by atoms with E-state index in [-0.39, 0.29) is 18.0 Å². The van der Waals surface area contributed by atoms with E-state index >= 15 is 0 Å².